The number of carbonyl (C=O) groups is 1. The molecule has 1 amide bonds. The minimum atomic E-state index is 0. The third kappa shape index (κ3) is 9.59. The molecular weight excluding hydrogens is 391 g/mol. The molecule has 0 bridgehead atoms. The molecule has 0 aliphatic rings. The Morgan fingerprint density at radius 2 is 1.86 bits per heavy atom. The number of nitrogens with zero attached hydrogens (tertiary/aromatic N) is 1. The van der Waals surface area contributed by atoms with Crippen molar-refractivity contribution in [2.24, 2.45) is 4.99 Å². The summed E-state index contributed by atoms with van der Waals surface area (Å²) >= 11 is 0. The Bertz CT molecular complexity index is 449. The number of guanidine groups is 1. The second-order valence-corrected chi connectivity index (χ2v) is 5.07. The summed E-state index contributed by atoms with van der Waals surface area (Å²) < 4.78 is 0. The van der Waals surface area contributed by atoms with Gasteiger partial charge < -0.3 is 16.0 Å². The number of hydrogen-bond acceptors (Lipinski definition) is 2. The maximum atomic E-state index is 11.8. The first-order valence-electron chi connectivity index (χ1n) is 7.47. The van der Waals surface area contributed by atoms with Gasteiger partial charge in [-0.15, -0.1) is 24.0 Å². The van der Waals surface area contributed by atoms with Gasteiger partial charge in [0.1, 0.15) is 0 Å². The highest BCUT2D eigenvalue weighted by Gasteiger charge is 2.02. The van der Waals surface area contributed by atoms with Gasteiger partial charge in [-0.05, 0) is 26.3 Å². The van der Waals surface area contributed by atoms with Gasteiger partial charge in [0, 0.05) is 25.6 Å². The zero-order chi connectivity index (χ0) is 15.5. The van der Waals surface area contributed by atoms with Crippen molar-refractivity contribution in [1.82, 2.24) is 16.0 Å². The molecule has 0 spiro atoms. The van der Waals surface area contributed by atoms with Crippen molar-refractivity contribution < 1.29 is 4.79 Å². The largest absolute Gasteiger partial charge is 0.357 e. The summed E-state index contributed by atoms with van der Waals surface area (Å²) in [5, 5.41) is 9.27. The van der Waals surface area contributed by atoms with E-state index >= 15 is 0 Å². The zero-order valence-corrected chi connectivity index (χ0v) is 15.9. The molecule has 6 heteroatoms. The molecule has 0 aromatic heterocycles. The molecule has 0 aliphatic heterocycles. The fraction of sp³-hybridized carbons (Fsp3) is 0.500. The van der Waals surface area contributed by atoms with Gasteiger partial charge in [-0.25, -0.2) is 0 Å². The molecule has 22 heavy (non-hydrogen) atoms. The van der Waals surface area contributed by atoms with Crippen molar-refractivity contribution in [3.63, 3.8) is 0 Å². The van der Waals surface area contributed by atoms with E-state index in [0.29, 0.717) is 25.6 Å². The molecule has 0 radical (unpaired) electrons. The molecule has 1 rings (SSSR count). The molecule has 0 unspecified atom stereocenters. The van der Waals surface area contributed by atoms with Crippen LogP contribution in [0, 0.1) is 0 Å². The van der Waals surface area contributed by atoms with Gasteiger partial charge >= 0.3 is 0 Å². The molecule has 0 saturated heterocycles. The van der Waals surface area contributed by atoms with E-state index in [1.54, 1.807) is 0 Å². The lowest BCUT2D eigenvalue weighted by atomic mass is 10.2. The van der Waals surface area contributed by atoms with E-state index in [0.717, 1.165) is 18.1 Å². The maximum Gasteiger partial charge on any atom is 0.222 e. The Hall–Kier alpha value is -1.31. The molecule has 0 heterocycles. The van der Waals surface area contributed by atoms with Crippen LogP contribution in [0.15, 0.2) is 35.3 Å². The fourth-order valence-corrected chi connectivity index (χ4v) is 1.75. The molecule has 124 valence electrons. The monoisotopic (exact) mass is 418 g/mol. The number of carbonyl (C=O) groups excluding carboxylic acids is 1. The number of nitrogens with one attached hydrogen (secondary N) is 3. The van der Waals surface area contributed by atoms with Gasteiger partial charge in [-0.3, -0.25) is 9.79 Å². The van der Waals surface area contributed by atoms with Crippen LogP contribution < -0.4 is 16.0 Å². The van der Waals surface area contributed by atoms with Crippen LogP contribution in [0.2, 0.25) is 0 Å². The number of hydrogen-bond donors (Lipinski definition) is 3. The lowest BCUT2D eigenvalue weighted by Gasteiger charge is -2.13. The Labute approximate surface area is 150 Å². The summed E-state index contributed by atoms with van der Waals surface area (Å²) in [5.74, 6) is 0.770. The SMILES string of the molecule is CCNC(=NCCC(=O)NCc1ccccc1)NC(C)C.I. The van der Waals surface area contributed by atoms with Crippen molar-refractivity contribution >= 4 is 35.8 Å². The average molecular weight is 418 g/mol. The van der Waals surface area contributed by atoms with Crippen LogP contribution in [0.5, 0.6) is 0 Å². The molecule has 1 aromatic rings. The number of aliphatic imine (C=N–C) groups is 1. The zero-order valence-electron chi connectivity index (χ0n) is 13.6. The lowest BCUT2D eigenvalue weighted by molar-refractivity contribution is -0.121. The van der Waals surface area contributed by atoms with E-state index < -0.39 is 0 Å². The minimum absolute atomic E-state index is 0. The standard InChI is InChI=1S/C16H26N4O.HI/c1-4-17-16(20-13(2)3)18-11-10-15(21)19-12-14-8-6-5-7-9-14;/h5-9,13H,4,10-12H2,1-3H3,(H,19,21)(H2,17,18,20);1H. The molecular formula is C16H27IN4O. The van der Waals surface area contributed by atoms with E-state index in [4.69, 9.17) is 0 Å². The Morgan fingerprint density at radius 3 is 2.45 bits per heavy atom. The van der Waals surface area contributed by atoms with Gasteiger partial charge in [0.2, 0.25) is 5.91 Å². The van der Waals surface area contributed by atoms with Gasteiger partial charge in [0.25, 0.3) is 0 Å². The van der Waals surface area contributed by atoms with Crippen LogP contribution in [0.3, 0.4) is 0 Å². The van der Waals surface area contributed by atoms with E-state index in [1.807, 2.05) is 37.3 Å². The van der Waals surface area contributed by atoms with E-state index in [2.05, 4.69) is 34.8 Å². The molecule has 0 fully saturated rings. The molecule has 0 saturated carbocycles. The third-order valence-electron chi connectivity index (χ3n) is 2.71. The van der Waals surface area contributed by atoms with Crippen LogP contribution in [-0.4, -0.2) is 31.0 Å². The predicted octanol–water partition coefficient (Wildman–Crippen LogP) is 2.27. The normalized spacial score (nSPS) is 10.8. The number of rotatable bonds is 7. The first-order chi connectivity index (χ1) is 10.1. The van der Waals surface area contributed by atoms with Crippen molar-refractivity contribution in [2.75, 3.05) is 13.1 Å². The van der Waals surface area contributed by atoms with Crippen LogP contribution in [0.25, 0.3) is 0 Å². The highest BCUT2D eigenvalue weighted by molar-refractivity contribution is 14.0. The molecule has 3 N–H and O–H groups in total. The highest BCUT2D eigenvalue weighted by Crippen LogP contribution is 1.97. The average Bonchev–Trinajstić information content (AvgIpc) is 2.46. The van der Waals surface area contributed by atoms with Gasteiger partial charge in [-0.1, -0.05) is 30.3 Å². The molecule has 0 aliphatic carbocycles. The summed E-state index contributed by atoms with van der Waals surface area (Å²) in [6.45, 7) is 7.97. The maximum absolute atomic E-state index is 11.8. The van der Waals surface area contributed by atoms with Crippen LogP contribution in [0.4, 0.5) is 0 Å². The molecule has 5 nitrogen and oxygen atoms in total. The van der Waals surface area contributed by atoms with E-state index in [1.165, 1.54) is 0 Å². The second kappa shape index (κ2) is 12.3. The summed E-state index contributed by atoms with van der Waals surface area (Å²) in [4.78, 5) is 16.1. The van der Waals surface area contributed by atoms with Crippen molar-refractivity contribution in [3.05, 3.63) is 35.9 Å². The summed E-state index contributed by atoms with van der Waals surface area (Å²) in [7, 11) is 0. The second-order valence-electron chi connectivity index (χ2n) is 5.07. The lowest BCUT2D eigenvalue weighted by Crippen LogP contribution is -2.41. The van der Waals surface area contributed by atoms with Crippen molar-refractivity contribution in [3.8, 4) is 0 Å². The first kappa shape index (κ1) is 20.7. The Morgan fingerprint density at radius 1 is 1.18 bits per heavy atom. The number of halogens is 1. The smallest absolute Gasteiger partial charge is 0.222 e. The van der Waals surface area contributed by atoms with Crippen molar-refractivity contribution in [1.29, 1.82) is 0 Å². The van der Waals surface area contributed by atoms with Gasteiger partial charge in [0.05, 0.1) is 6.54 Å². The third-order valence-corrected chi connectivity index (χ3v) is 2.71. The predicted molar refractivity (Wildman–Crippen MR) is 103 cm³/mol. The fourth-order valence-electron chi connectivity index (χ4n) is 1.75. The Balaban J connectivity index is 0.00000441. The highest BCUT2D eigenvalue weighted by atomic mass is 127. The van der Waals surface area contributed by atoms with Crippen molar-refractivity contribution in [2.45, 2.75) is 39.8 Å². The summed E-state index contributed by atoms with van der Waals surface area (Å²) in [6.07, 6.45) is 0.390. The number of benzene rings is 1. The van der Waals surface area contributed by atoms with Gasteiger partial charge in [0.15, 0.2) is 5.96 Å². The first-order valence-corrected chi connectivity index (χ1v) is 7.47. The molecule has 0 atom stereocenters. The molecule has 1 aromatic carbocycles. The van der Waals surface area contributed by atoms with Gasteiger partial charge in [-0.2, -0.15) is 0 Å². The summed E-state index contributed by atoms with van der Waals surface area (Å²) in [5.41, 5.74) is 1.10. The van der Waals surface area contributed by atoms with E-state index in [-0.39, 0.29) is 29.9 Å². The minimum Gasteiger partial charge on any atom is -0.357 e. The topological polar surface area (TPSA) is 65.5 Å². The van der Waals surface area contributed by atoms with Crippen LogP contribution in [-0.2, 0) is 11.3 Å². The van der Waals surface area contributed by atoms with Crippen LogP contribution in [0.1, 0.15) is 32.8 Å². The summed E-state index contributed by atoms with van der Waals surface area (Å²) in [6, 6.07) is 10.2. The van der Waals surface area contributed by atoms with Crippen LogP contribution >= 0.6 is 24.0 Å². The number of amides is 1. The Kier molecular flexibility index (Phi) is 11.5. The quantitative estimate of drug-likeness (QED) is 0.362. The van der Waals surface area contributed by atoms with E-state index in [9.17, 15) is 4.79 Å².